The number of halogens is 3. The lowest BCUT2D eigenvalue weighted by atomic mass is 9.84. The second kappa shape index (κ2) is 12.0. The zero-order valence-corrected chi connectivity index (χ0v) is 19.0. The Bertz CT molecular complexity index is 627. The van der Waals surface area contributed by atoms with E-state index in [2.05, 4.69) is 22.5 Å². The summed E-state index contributed by atoms with van der Waals surface area (Å²) >= 11 is 6.15. The molecular formula is C20H32Cl3N3O2. The molecule has 0 aromatic heterocycles. The molecule has 0 spiro atoms. The number of piperidine rings is 1. The SMILES string of the molecule is COc1ccc(Cl)cc1N1CCC(NC(=O)CC(C)C2CCNCC2)C1.Cl.Cl. The summed E-state index contributed by atoms with van der Waals surface area (Å²) in [5.74, 6) is 2.11. The number of rotatable bonds is 6. The van der Waals surface area contributed by atoms with E-state index in [-0.39, 0.29) is 36.8 Å². The summed E-state index contributed by atoms with van der Waals surface area (Å²) in [5.41, 5.74) is 1.000. The van der Waals surface area contributed by atoms with Crippen LogP contribution in [0, 0.1) is 11.8 Å². The van der Waals surface area contributed by atoms with Crippen molar-refractivity contribution in [2.75, 3.05) is 38.2 Å². The molecule has 2 N–H and O–H groups in total. The van der Waals surface area contributed by atoms with Crippen molar-refractivity contribution in [3.05, 3.63) is 23.2 Å². The van der Waals surface area contributed by atoms with Gasteiger partial charge in [-0.25, -0.2) is 0 Å². The normalized spacial score (nSPS) is 20.7. The van der Waals surface area contributed by atoms with Crippen molar-refractivity contribution < 1.29 is 9.53 Å². The van der Waals surface area contributed by atoms with Crippen LogP contribution in [0.25, 0.3) is 0 Å². The molecule has 2 atom stereocenters. The van der Waals surface area contributed by atoms with Gasteiger partial charge in [0, 0.05) is 30.6 Å². The number of hydrogen-bond acceptors (Lipinski definition) is 4. The van der Waals surface area contributed by atoms with E-state index in [4.69, 9.17) is 16.3 Å². The van der Waals surface area contributed by atoms with E-state index < -0.39 is 0 Å². The Hall–Kier alpha value is -0.880. The molecule has 2 saturated heterocycles. The zero-order chi connectivity index (χ0) is 18.5. The molecule has 28 heavy (non-hydrogen) atoms. The molecule has 1 aromatic rings. The van der Waals surface area contributed by atoms with Crippen LogP contribution in [0.5, 0.6) is 5.75 Å². The first-order valence-corrected chi connectivity index (χ1v) is 10.0. The van der Waals surface area contributed by atoms with Crippen LogP contribution in [0.2, 0.25) is 5.02 Å². The highest BCUT2D eigenvalue weighted by Crippen LogP contribution is 2.33. The van der Waals surface area contributed by atoms with Crippen molar-refractivity contribution >= 4 is 48.0 Å². The number of carbonyl (C=O) groups is 1. The van der Waals surface area contributed by atoms with Gasteiger partial charge in [-0.05, 0) is 62.4 Å². The summed E-state index contributed by atoms with van der Waals surface area (Å²) in [6.07, 6.45) is 3.94. The fourth-order valence-electron chi connectivity index (χ4n) is 4.17. The van der Waals surface area contributed by atoms with Crippen LogP contribution in [-0.4, -0.2) is 45.2 Å². The number of nitrogens with zero attached hydrogens (tertiary/aromatic N) is 1. The molecule has 2 heterocycles. The molecule has 2 aliphatic rings. The number of nitrogens with one attached hydrogen (secondary N) is 2. The van der Waals surface area contributed by atoms with Gasteiger partial charge < -0.3 is 20.3 Å². The van der Waals surface area contributed by atoms with Gasteiger partial charge in [0.15, 0.2) is 0 Å². The van der Waals surface area contributed by atoms with E-state index in [1.165, 1.54) is 12.8 Å². The number of hydrogen-bond donors (Lipinski definition) is 2. The third-order valence-corrected chi connectivity index (χ3v) is 5.97. The molecule has 0 aliphatic carbocycles. The second-order valence-electron chi connectivity index (χ2n) is 7.58. The van der Waals surface area contributed by atoms with E-state index in [1.54, 1.807) is 7.11 Å². The third-order valence-electron chi connectivity index (χ3n) is 5.73. The first kappa shape index (κ1) is 25.2. The van der Waals surface area contributed by atoms with Gasteiger partial charge in [0.25, 0.3) is 0 Å². The van der Waals surface area contributed by atoms with Gasteiger partial charge in [0.05, 0.1) is 12.8 Å². The van der Waals surface area contributed by atoms with Crippen molar-refractivity contribution in [1.82, 2.24) is 10.6 Å². The minimum atomic E-state index is 0. The van der Waals surface area contributed by atoms with Crippen LogP contribution >= 0.6 is 36.4 Å². The van der Waals surface area contributed by atoms with Crippen molar-refractivity contribution in [2.45, 2.75) is 38.6 Å². The van der Waals surface area contributed by atoms with E-state index in [0.717, 1.165) is 44.0 Å². The smallest absolute Gasteiger partial charge is 0.220 e. The average Bonchev–Trinajstić information content (AvgIpc) is 3.10. The number of ether oxygens (including phenoxy) is 1. The predicted octanol–water partition coefficient (Wildman–Crippen LogP) is 3.91. The molecule has 2 aliphatic heterocycles. The molecule has 1 amide bonds. The van der Waals surface area contributed by atoms with Crippen LogP contribution in [0.4, 0.5) is 5.69 Å². The largest absolute Gasteiger partial charge is 0.495 e. The Morgan fingerprint density at radius 1 is 1.32 bits per heavy atom. The van der Waals surface area contributed by atoms with Gasteiger partial charge >= 0.3 is 0 Å². The highest BCUT2D eigenvalue weighted by atomic mass is 35.5. The van der Waals surface area contributed by atoms with Gasteiger partial charge in [0.2, 0.25) is 5.91 Å². The maximum absolute atomic E-state index is 12.5. The van der Waals surface area contributed by atoms with Gasteiger partial charge in [-0.3, -0.25) is 4.79 Å². The lowest BCUT2D eigenvalue weighted by molar-refractivity contribution is -0.122. The van der Waals surface area contributed by atoms with E-state index >= 15 is 0 Å². The molecule has 0 bridgehead atoms. The summed E-state index contributed by atoms with van der Waals surface area (Å²) in [4.78, 5) is 14.7. The monoisotopic (exact) mass is 451 g/mol. The Kier molecular flexibility index (Phi) is 10.7. The Balaban J connectivity index is 0.00000196. The molecule has 1 aromatic carbocycles. The number of benzene rings is 1. The minimum absolute atomic E-state index is 0. The van der Waals surface area contributed by atoms with E-state index in [9.17, 15) is 4.79 Å². The highest BCUT2D eigenvalue weighted by Gasteiger charge is 2.28. The minimum Gasteiger partial charge on any atom is -0.495 e. The summed E-state index contributed by atoms with van der Waals surface area (Å²) in [5, 5.41) is 7.32. The summed E-state index contributed by atoms with van der Waals surface area (Å²) in [6.45, 7) is 6.06. The first-order valence-electron chi connectivity index (χ1n) is 9.65. The first-order chi connectivity index (χ1) is 12.6. The van der Waals surface area contributed by atoms with Crippen molar-refractivity contribution in [1.29, 1.82) is 0 Å². The molecule has 5 nitrogen and oxygen atoms in total. The highest BCUT2D eigenvalue weighted by molar-refractivity contribution is 6.30. The molecule has 0 saturated carbocycles. The van der Waals surface area contributed by atoms with Crippen LogP contribution in [0.1, 0.15) is 32.6 Å². The number of amides is 1. The standard InChI is InChI=1S/C20H30ClN3O2.2ClH/c1-14(15-5-8-22-9-6-15)11-20(25)23-17-7-10-24(13-17)18-12-16(21)3-4-19(18)26-2;;/h3-4,12,14-15,17,22H,5-11,13H2,1-2H3,(H,23,25);2*1H. The van der Waals surface area contributed by atoms with Crippen molar-refractivity contribution in [3.8, 4) is 5.75 Å². The molecule has 0 radical (unpaired) electrons. The Morgan fingerprint density at radius 3 is 2.71 bits per heavy atom. The van der Waals surface area contributed by atoms with Gasteiger partial charge in [-0.15, -0.1) is 24.8 Å². The lowest BCUT2D eigenvalue weighted by Crippen LogP contribution is -2.39. The zero-order valence-electron chi connectivity index (χ0n) is 16.6. The summed E-state index contributed by atoms with van der Waals surface area (Å²) < 4.78 is 5.46. The second-order valence-corrected chi connectivity index (χ2v) is 8.02. The number of anilines is 1. The van der Waals surface area contributed by atoms with E-state index in [0.29, 0.717) is 23.3 Å². The molecule has 3 rings (SSSR count). The van der Waals surface area contributed by atoms with Gasteiger partial charge in [-0.2, -0.15) is 0 Å². The van der Waals surface area contributed by atoms with Crippen LogP contribution in [0.15, 0.2) is 18.2 Å². The third kappa shape index (κ3) is 6.58. The predicted molar refractivity (Wildman–Crippen MR) is 121 cm³/mol. The number of methoxy groups -OCH3 is 1. The molecule has 2 unspecified atom stereocenters. The Morgan fingerprint density at radius 2 is 2.04 bits per heavy atom. The molecule has 160 valence electrons. The van der Waals surface area contributed by atoms with Crippen LogP contribution < -0.4 is 20.3 Å². The summed E-state index contributed by atoms with van der Waals surface area (Å²) in [7, 11) is 1.67. The van der Waals surface area contributed by atoms with Gasteiger partial charge in [0.1, 0.15) is 5.75 Å². The number of carbonyl (C=O) groups excluding carboxylic acids is 1. The van der Waals surface area contributed by atoms with E-state index in [1.807, 2.05) is 18.2 Å². The molecule has 2 fully saturated rings. The van der Waals surface area contributed by atoms with Gasteiger partial charge in [-0.1, -0.05) is 18.5 Å². The van der Waals surface area contributed by atoms with Crippen molar-refractivity contribution in [2.24, 2.45) is 11.8 Å². The average molecular weight is 453 g/mol. The van der Waals surface area contributed by atoms with Crippen LogP contribution in [0.3, 0.4) is 0 Å². The quantitative estimate of drug-likeness (QED) is 0.687. The molecular weight excluding hydrogens is 421 g/mol. The molecule has 8 heteroatoms. The fraction of sp³-hybridized carbons (Fsp3) is 0.650. The summed E-state index contributed by atoms with van der Waals surface area (Å²) in [6, 6.07) is 5.85. The maximum atomic E-state index is 12.5. The topological polar surface area (TPSA) is 53.6 Å². The van der Waals surface area contributed by atoms with Crippen LogP contribution in [-0.2, 0) is 4.79 Å². The fourth-order valence-corrected chi connectivity index (χ4v) is 4.33. The lowest BCUT2D eigenvalue weighted by Gasteiger charge is -2.28. The maximum Gasteiger partial charge on any atom is 0.220 e. The Labute approximate surface area is 185 Å². The van der Waals surface area contributed by atoms with Crippen molar-refractivity contribution in [3.63, 3.8) is 0 Å².